The Labute approximate surface area is 171 Å². The van der Waals surface area contributed by atoms with Crippen LogP contribution in [0.1, 0.15) is 46.4 Å². The van der Waals surface area contributed by atoms with Gasteiger partial charge in [0.15, 0.2) is 5.78 Å². The van der Waals surface area contributed by atoms with E-state index in [2.05, 4.69) is 40.8 Å². The Morgan fingerprint density at radius 3 is 2.57 bits per heavy atom. The third-order valence-electron chi connectivity index (χ3n) is 6.00. The maximum absolute atomic E-state index is 12.9. The highest BCUT2D eigenvalue weighted by atomic mass is 32.1. The van der Waals surface area contributed by atoms with E-state index in [1.807, 2.05) is 18.0 Å². The number of amides is 1. The van der Waals surface area contributed by atoms with E-state index in [1.54, 1.807) is 18.3 Å². The summed E-state index contributed by atoms with van der Waals surface area (Å²) in [5.41, 5.74) is 3.08. The molecule has 1 aliphatic rings. The van der Waals surface area contributed by atoms with Gasteiger partial charge >= 0.3 is 0 Å². The van der Waals surface area contributed by atoms with Gasteiger partial charge in [-0.1, -0.05) is 6.07 Å². The number of thiophene rings is 1. The summed E-state index contributed by atoms with van der Waals surface area (Å²) in [7, 11) is 1.87. The van der Waals surface area contributed by atoms with Crippen molar-refractivity contribution in [2.75, 3.05) is 26.7 Å². The van der Waals surface area contributed by atoms with E-state index in [0.717, 1.165) is 55.8 Å². The van der Waals surface area contributed by atoms with Crippen molar-refractivity contribution in [3.05, 3.63) is 45.4 Å². The number of likely N-dealkylation sites (tertiary alicyclic amines) is 1. The largest absolute Gasteiger partial charge is 0.348 e. The van der Waals surface area contributed by atoms with Crippen molar-refractivity contribution in [1.82, 2.24) is 14.4 Å². The molecule has 0 unspecified atom stereocenters. The molecule has 1 aliphatic heterocycles. The summed E-state index contributed by atoms with van der Waals surface area (Å²) in [6.45, 7) is 8.87. The first-order valence-corrected chi connectivity index (χ1v) is 10.9. The predicted octanol–water partition coefficient (Wildman–Crippen LogP) is 3.53. The Kier molecular flexibility index (Phi) is 6.73. The smallest absolute Gasteiger partial charge is 0.219 e. The average Bonchev–Trinajstić information content (AvgIpc) is 3.28. The molecule has 0 atom stereocenters. The maximum atomic E-state index is 12.9. The molecule has 2 aromatic rings. The normalized spacial score (nSPS) is 15.7. The fourth-order valence-electron chi connectivity index (χ4n) is 4.11. The number of carbonyl (C=O) groups is 2. The lowest BCUT2D eigenvalue weighted by molar-refractivity contribution is -0.130. The van der Waals surface area contributed by atoms with Gasteiger partial charge in [0.25, 0.3) is 0 Å². The summed E-state index contributed by atoms with van der Waals surface area (Å²) in [6, 6.07) is 6.59. The van der Waals surface area contributed by atoms with Crippen LogP contribution in [0.25, 0.3) is 0 Å². The van der Waals surface area contributed by atoms with Crippen molar-refractivity contribution in [1.29, 1.82) is 0 Å². The summed E-state index contributed by atoms with van der Waals surface area (Å²) in [6.07, 6.45) is 2.87. The number of rotatable bonds is 7. The Balaban J connectivity index is 1.58. The van der Waals surface area contributed by atoms with Gasteiger partial charge < -0.3 is 9.47 Å². The van der Waals surface area contributed by atoms with Crippen molar-refractivity contribution in [2.45, 2.75) is 52.6 Å². The topological polar surface area (TPSA) is 45.6 Å². The molecule has 0 N–H and O–H groups in total. The molecule has 28 heavy (non-hydrogen) atoms. The Morgan fingerprint density at radius 2 is 1.96 bits per heavy atom. The molecular weight excluding hydrogens is 370 g/mol. The highest BCUT2D eigenvalue weighted by Gasteiger charge is 2.26. The highest BCUT2D eigenvalue weighted by molar-refractivity contribution is 7.09. The summed E-state index contributed by atoms with van der Waals surface area (Å²) >= 11 is 1.78. The van der Waals surface area contributed by atoms with E-state index in [1.165, 1.54) is 4.88 Å². The molecule has 0 aromatic carbocycles. The maximum Gasteiger partial charge on any atom is 0.219 e. The number of ketones is 1. The fourth-order valence-corrected chi connectivity index (χ4v) is 4.81. The van der Waals surface area contributed by atoms with Crippen LogP contribution < -0.4 is 0 Å². The van der Waals surface area contributed by atoms with E-state index < -0.39 is 0 Å². The molecule has 0 radical (unpaired) electrons. The molecule has 1 amide bonds. The molecule has 3 rings (SSSR count). The van der Waals surface area contributed by atoms with Crippen LogP contribution in [0.5, 0.6) is 0 Å². The zero-order chi connectivity index (χ0) is 20.3. The van der Waals surface area contributed by atoms with Gasteiger partial charge in [-0.2, -0.15) is 0 Å². The predicted molar refractivity (Wildman–Crippen MR) is 114 cm³/mol. The third-order valence-corrected chi connectivity index (χ3v) is 6.94. The van der Waals surface area contributed by atoms with Crippen molar-refractivity contribution in [3.8, 4) is 0 Å². The summed E-state index contributed by atoms with van der Waals surface area (Å²) in [5, 5.41) is 2.11. The number of hydrogen-bond donors (Lipinski definition) is 0. The van der Waals surface area contributed by atoms with Crippen LogP contribution in [-0.4, -0.2) is 58.8 Å². The van der Waals surface area contributed by atoms with Crippen molar-refractivity contribution < 1.29 is 9.59 Å². The molecular formula is C22H31N3O2S. The second-order valence-electron chi connectivity index (χ2n) is 7.83. The summed E-state index contributed by atoms with van der Waals surface area (Å²) < 4.78 is 2.26. The van der Waals surface area contributed by atoms with Gasteiger partial charge in [-0.15, -0.1) is 11.3 Å². The lowest BCUT2D eigenvalue weighted by Crippen LogP contribution is -2.46. The van der Waals surface area contributed by atoms with E-state index in [9.17, 15) is 9.59 Å². The lowest BCUT2D eigenvalue weighted by atomic mass is 10.0. The number of aryl methyl sites for hydroxylation is 2. The molecule has 6 heteroatoms. The minimum Gasteiger partial charge on any atom is -0.348 e. The molecule has 0 spiro atoms. The highest BCUT2D eigenvalue weighted by Crippen LogP contribution is 2.20. The van der Waals surface area contributed by atoms with E-state index in [0.29, 0.717) is 12.6 Å². The molecule has 1 fully saturated rings. The second kappa shape index (κ2) is 9.05. The van der Waals surface area contributed by atoms with Gasteiger partial charge in [0.1, 0.15) is 0 Å². The summed E-state index contributed by atoms with van der Waals surface area (Å²) in [5.74, 6) is 0.318. The van der Waals surface area contributed by atoms with Crippen molar-refractivity contribution >= 4 is 23.0 Å². The van der Waals surface area contributed by atoms with Gasteiger partial charge in [-0.25, -0.2) is 0 Å². The van der Waals surface area contributed by atoms with Gasteiger partial charge in [-0.05, 0) is 50.6 Å². The molecule has 2 aromatic heterocycles. The van der Waals surface area contributed by atoms with Crippen LogP contribution in [0.4, 0.5) is 0 Å². The molecule has 1 saturated heterocycles. The summed E-state index contributed by atoms with van der Waals surface area (Å²) in [4.78, 5) is 29.9. The minimum absolute atomic E-state index is 0.115. The zero-order valence-electron chi connectivity index (χ0n) is 17.4. The lowest BCUT2D eigenvalue weighted by Gasteiger charge is -2.36. The van der Waals surface area contributed by atoms with Crippen LogP contribution >= 0.6 is 11.3 Å². The van der Waals surface area contributed by atoms with Gasteiger partial charge in [0, 0.05) is 61.5 Å². The van der Waals surface area contributed by atoms with Crippen LogP contribution in [0, 0.1) is 13.8 Å². The number of nitrogens with zero attached hydrogens (tertiary/aromatic N) is 3. The van der Waals surface area contributed by atoms with E-state index >= 15 is 0 Å². The Bertz CT molecular complexity index is 817. The number of carbonyl (C=O) groups excluding carboxylic acids is 2. The van der Waals surface area contributed by atoms with Crippen LogP contribution in [0.15, 0.2) is 23.6 Å². The standard InChI is InChI=1S/C22H31N3O2S/c1-16-14-21(17(2)25(16)12-9-20-6-5-13-28-20)22(27)15-24-10-7-19(8-11-24)23(4)18(3)26/h5-6,13-14,19H,7-12,15H2,1-4H3. The van der Waals surface area contributed by atoms with Gasteiger partial charge in [0.05, 0.1) is 6.54 Å². The van der Waals surface area contributed by atoms with Crippen molar-refractivity contribution in [2.24, 2.45) is 0 Å². The Morgan fingerprint density at radius 1 is 1.25 bits per heavy atom. The Hall–Kier alpha value is -1.92. The zero-order valence-corrected chi connectivity index (χ0v) is 18.2. The SMILES string of the molecule is CC(=O)N(C)C1CCN(CC(=O)c2cc(C)n(CCc3cccs3)c2C)CC1. The third kappa shape index (κ3) is 4.73. The van der Waals surface area contributed by atoms with Gasteiger partial charge in [0.2, 0.25) is 5.91 Å². The molecule has 3 heterocycles. The van der Waals surface area contributed by atoms with E-state index in [4.69, 9.17) is 0 Å². The average molecular weight is 402 g/mol. The van der Waals surface area contributed by atoms with Crippen molar-refractivity contribution in [3.63, 3.8) is 0 Å². The number of hydrogen-bond acceptors (Lipinski definition) is 4. The van der Waals surface area contributed by atoms with Crippen LogP contribution in [-0.2, 0) is 17.8 Å². The fraction of sp³-hybridized carbons (Fsp3) is 0.545. The monoisotopic (exact) mass is 401 g/mol. The number of piperidine rings is 1. The molecule has 0 bridgehead atoms. The number of Topliss-reactive ketones (excluding diaryl/α,β-unsaturated/α-hetero) is 1. The number of aromatic nitrogens is 1. The second-order valence-corrected chi connectivity index (χ2v) is 8.86. The first-order valence-electron chi connectivity index (χ1n) is 10.0. The molecule has 0 aliphatic carbocycles. The van der Waals surface area contributed by atoms with Crippen LogP contribution in [0.2, 0.25) is 0 Å². The quantitative estimate of drug-likeness (QED) is 0.667. The molecule has 152 valence electrons. The first-order chi connectivity index (χ1) is 13.4. The van der Waals surface area contributed by atoms with Gasteiger partial charge in [-0.3, -0.25) is 14.5 Å². The van der Waals surface area contributed by atoms with Crippen LogP contribution in [0.3, 0.4) is 0 Å². The minimum atomic E-state index is 0.115. The molecule has 5 nitrogen and oxygen atoms in total. The molecule has 0 saturated carbocycles. The first kappa shape index (κ1) is 20.8. The van der Waals surface area contributed by atoms with E-state index in [-0.39, 0.29) is 11.7 Å².